The van der Waals surface area contributed by atoms with Crippen LogP contribution in [-0.2, 0) is 6.54 Å². The van der Waals surface area contributed by atoms with E-state index in [0.717, 1.165) is 18.5 Å². The zero-order valence-corrected chi connectivity index (χ0v) is 13.0. The number of hydrogen-bond donors (Lipinski definition) is 1. The summed E-state index contributed by atoms with van der Waals surface area (Å²) in [5, 5.41) is 3.55. The quantitative estimate of drug-likeness (QED) is 0.885. The van der Waals surface area contributed by atoms with Crippen LogP contribution >= 0.6 is 0 Å². The van der Waals surface area contributed by atoms with Crippen molar-refractivity contribution in [2.75, 3.05) is 19.6 Å². The average molecular weight is 272 g/mol. The Morgan fingerprint density at radius 3 is 2.45 bits per heavy atom. The van der Waals surface area contributed by atoms with Gasteiger partial charge in [0.15, 0.2) is 0 Å². The predicted octanol–water partition coefficient (Wildman–Crippen LogP) is 3.27. The van der Waals surface area contributed by atoms with Crippen molar-refractivity contribution in [3.63, 3.8) is 0 Å². The topological polar surface area (TPSA) is 15.3 Å². The predicted molar refractivity (Wildman–Crippen MR) is 84.9 cm³/mol. The molecule has 2 fully saturated rings. The van der Waals surface area contributed by atoms with E-state index in [1.807, 2.05) is 0 Å². The van der Waals surface area contributed by atoms with Gasteiger partial charge >= 0.3 is 0 Å². The van der Waals surface area contributed by atoms with E-state index in [1.165, 1.54) is 62.0 Å². The molecule has 0 bridgehead atoms. The van der Waals surface area contributed by atoms with Crippen molar-refractivity contribution in [2.24, 2.45) is 5.92 Å². The molecule has 0 amide bonds. The fourth-order valence-electron chi connectivity index (χ4n) is 3.59. The fourth-order valence-corrected chi connectivity index (χ4v) is 3.59. The monoisotopic (exact) mass is 272 g/mol. The van der Waals surface area contributed by atoms with Crippen molar-refractivity contribution >= 4 is 0 Å². The highest BCUT2D eigenvalue weighted by molar-refractivity contribution is 5.28. The molecule has 1 unspecified atom stereocenters. The standard InChI is InChI=1S/C18H28N2/c1-14-8-15(2)10-17(9-14)13-20(18-5-6-18)12-16-4-3-7-19-11-16/h8-10,16,18-19H,3-7,11-13H2,1-2H3. The number of rotatable bonds is 5. The van der Waals surface area contributed by atoms with Gasteiger partial charge in [-0.15, -0.1) is 0 Å². The molecule has 1 saturated heterocycles. The number of nitrogens with one attached hydrogen (secondary N) is 1. The summed E-state index contributed by atoms with van der Waals surface area (Å²) in [4.78, 5) is 2.74. The zero-order chi connectivity index (χ0) is 13.9. The Morgan fingerprint density at radius 2 is 1.85 bits per heavy atom. The van der Waals surface area contributed by atoms with Gasteiger partial charge in [-0.05, 0) is 64.1 Å². The molecule has 1 aromatic carbocycles. The van der Waals surface area contributed by atoms with Crippen molar-refractivity contribution in [1.82, 2.24) is 10.2 Å². The summed E-state index contributed by atoms with van der Waals surface area (Å²) in [5.74, 6) is 0.857. The summed E-state index contributed by atoms with van der Waals surface area (Å²) in [6.07, 6.45) is 5.58. The normalized spacial score (nSPS) is 23.2. The third kappa shape index (κ3) is 3.83. The Kier molecular flexibility index (Phi) is 4.42. The Bertz CT molecular complexity index is 424. The summed E-state index contributed by atoms with van der Waals surface area (Å²) < 4.78 is 0. The van der Waals surface area contributed by atoms with Crippen LogP contribution in [0.25, 0.3) is 0 Å². The molecule has 1 heterocycles. The molecule has 3 rings (SSSR count). The number of piperidine rings is 1. The van der Waals surface area contributed by atoms with Gasteiger partial charge in [0.05, 0.1) is 0 Å². The van der Waals surface area contributed by atoms with E-state index in [0.29, 0.717) is 0 Å². The Labute approximate surface area is 123 Å². The highest BCUT2D eigenvalue weighted by Crippen LogP contribution is 2.30. The second-order valence-corrected chi connectivity index (χ2v) is 6.87. The molecule has 1 N–H and O–H groups in total. The maximum atomic E-state index is 3.55. The van der Waals surface area contributed by atoms with Gasteiger partial charge in [-0.3, -0.25) is 4.90 Å². The Balaban J connectivity index is 1.64. The second kappa shape index (κ2) is 6.28. The van der Waals surface area contributed by atoms with Gasteiger partial charge in [0.2, 0.25) is 0 Å². The van der Waals surface area contributed by atoms with Crippen LogP contribution in [-0.4, -0.2) is 30.6 Å². The molecule has 1 aromatic rings. The summed E-state index contributed by atoms with van der Waals surface area (Å²) in [7, 11) is 0. The van der Waals surface area contributed by atoms with Crippen molar-refractivity contribution in [2.45, 2.75) is 52.1 Å². The molecule has 2 nitrogen and oxygen atoms in total. The first-order valence-corrected chi connectivity index (χ1v) is 8.22. The molecule has 0 radical (unpaired) electrons. The average Bonchev–Trinajstić information content (AvgIpc) is 3.22. The Morgan fingerprint density at radius 1 is 1.10 bits per heavy atom. The van der Waals surface area contributed by atoms with Crippen LogP contribution in [0.2, 0.25) is 0 Å². The Hall–Kier alpha value is -0.860. The number of nitrogens with zero attached hydrogens (tertiary/aromatic N) is 1. The number of aryl methyl sites for hydroxylation is 2. The SMILES string of the molecule is Cc1cc(C)cc(CN(CC2CCCNC2)C2CC2)c1. The molecule has 1 saturated carbocycles. The van der Waals surface area contributed by atoms with Crippen LogP contribution in [0.15, 0.2) is 18.2 Å². The molecule has 0 aromatic heterocycles. The van der Waals surface area contributed by atoms with Crippen molar-refractivity contribution in [3.8, 4) is 0 Å². The van der Waals surface area contributed by atoms with Crippen molar-refractivity contribution < 1.29 is 0 Å². The molecule has 2 heteroatoms. The smallest absolute Gasteiger partial charge is 0.0236 e. The van der Waals surface area contributed by atoms with Crippen LogP contribution in [0.4, 0.5) is 0 Å². The fraction of sp³-hybridized carbons (Fsp3) is 0.667. The third-order valence-corrected chi connectivity index (χ3v) is 4.62. The van der Waals surface area contributed by atoms with E-state index in [-0.39, 0.29) is 0 Å². The van der Waals surface area contributed by atoms with Gasteiger partial charge in [-0.1, -0.05) is 29.3 Å². The lowest BCUT2D eigenvalue weighted by atomic mass is 9.98. The molecule has 2 aliphatic rings. The first-order valence-electron chi connectivity index (χ1n) is 8.22. The van der Waals surface area contributed by atoms with Crippen molar-refractivity contribution in [3.05, 3.63) is 34.9 Å². The van der Waals surface area contributed by atoms with Crippen LogP contribution in [0.1, 0.15) is 42.4 Å². The lowest BCUT2D eigenvalue weighted by molar-refractivity contribution is 0.192. The van der Waals surface area contributed by atoms with E-state index in [1.54, 1.807) is 0 Å². The molecular formula is C18H28N2. The summed E-state index contributed by atoms with van der Waals surface area (Å²) in [5.41, 5.74) is 4.29. The van der Waals surface area contributed by atoms with Crippen LogP contribution in [0.5, 0.6) is 0 Å². The molecule has 1 aliphatic carbocycles. The second-order valence-electron chi connectivity index (χ2n) is 6.87. The van der Waals surface area contributed by atoms with Gasteiger partial charge in [-0.2, -0.15) is 0 Å². The van der Waals surface area contributed by atoms with Crippen molar-refractivity contribution in [1.29, 1.82) is 0 Å². The van der Waals surface area contributed by atoms with Crippen LogP contribution in [0.3, 0.4) is 0 Å². The minimum atomic E-state index is 0.857. The lowest BCUT2D eigenvalue weighted by Crippen LogP contribution is -2.39. The molecule has 20 heavy (non-hydrogen) atoms. The highest BCUT2D eigenvalue weighted by atomic mass is 15.2. The van der Waals surface area contributed by atoms with Gasteiger partial charge in [0, 0.05) is 19.1 Å². The third-order valence-electron chi connectivity index (χ3n) is 4.62. The van der Waals surface area contributed by atoms with Crippen LogP contribution < -0.4 is 5.32 Å². The van der Waals surface area contributed by atoms with E-state index < -0.39 is 0 Å². The summed E-state index contributed by atoms with van der Waals surface area (Å²) >= 11 is 0. The van der Waals surface area contributed by atoms with Gasteiger partial charge in [0.25, 0.3) is 0 Å². The van der Waals surface area contributed by atoms with E-state index in [2.05, 4.69) is 42.3 Å². The number of hydrogen-bond acceptors (Lipinski definition) is 2. The largest absolute Gasteiger partial charge is 0.316 e. The minimum absolute atomic E-state index is 0.857. The number of benzene rings is 1. The molecule has 1 atom stereocenters. The molecule has 0 spiro atoms. The zero-order valence-electron chi connectivity index (χ0n) is 13.0. The van der Waals surface area contributed by atoms with E-state index >= 15 is 0 Å². The maximum Gasteiger partial charge on any atom is 0.0236 e. The summed E-state index contributed by atoms with van der Waals surface area (Å²) in [6, 6.07) is 7.86. The van der Waals surface area contributed by atoms with Gasteiger partial charge in [0.1, 0.15) is 0 Å². The molecule has 110 valence electrons. The lowest BCUT2D eigenvalue weighted by Gasteiger charge is -2.30. The maximum absolute atomic E-state index is 3.55. The van der Waals surface area contributed by atoms with Gasteiger partial charge in [-0.25, -0.2) is 0 Å². The van der Waals surface area contributed by atoms with E-state index in [4.69, 9.17) is 0 Å². The van der Waals surface area contributed by atoms with E-state index in [9.17, 15) is 0 Å². The molecular weight excluding hydrogens is 244 g/mol. The molecule has 1 aliphatic heterocycles. The highest BCUT2D eigenvalue weighted by Gasteiger charge is 2.30. The summed E-state index contributed by atoms with van der Waals surface area (Å²) in [6.45, 7) is 9.29. The van der Waals surface area contributed by atoms with Crippen LogP contribution in [0, 0.1) is 19.8 Å². The minimum Gasteiger partial charge on any atom is -0.316 e. The first kappa shape index (κ1) is 14.1. The van der Waals surface area contributed by atoms with Gasteiger partial charge < -0.3 is 5.32 Å². The first-order chi connectivity index (χ1) is 9.70.